The topological polar surface area (TPSA) is 118 Å². The number of pyridine rings is 1. The molecule has 0 spiro atoms. The number of fused-ring (bicyclic) bond motifs is 3. The summed E-state index contributed by atoms with van der Waals surface area (Å²) in [5, 5.41) is 4.03. The number of benzene rings is 1. The molecule has 2 aromatic rings. The van der Waals surface area contributed by atoms with Gasteiger partial charge in [-0.25, -0.2) is 13.2 Å². The molecule has 2 bridgehead atoms. The van der Waals surface area contributed by atoms with Crippen LogP contribution in [0.4, 0.5) is 4.79 Å². The summed E-state index contributed by atoms with van der Waals surface area (Å²) in [6.45, 7) is 5.14. The Balaban J connectivity index is 1.21. The largest absolute Gasteiger partial charge is 0.453 e. The molecule has 3 aliphatic rings. The number of sulfone groups is 1. The standard InChI is InChI=1S/C29H40N4O6S/c1-19(2)33-26-8-5-4-7-20(26)15-25(28(33)35)27(34)30-21-16-22-9-10-23(17-21)31(22)12-6-13-32(29(36)39-3)24-11-14-40(37,38)18-24/h4-5,7-8,15,19,21-24H,6,9-14,16-18H2,1-3H3,(H,30,34)/t21-,22-,23+,24?. The van der Waals surface area contributed by atoms with Gasteiger partial charge in [0.05, 0.1) is 24.1 Å². The molecule has 218 valence electrons. The molecular weight excluding hydrogens is 532 g/mol. The average Bonchev–Trinajstić information content (AvgIpc) is 3.39. The zero-order valence-electron chi connectivity index (χ0n) is 23.5. The van der Waals surface area contributed by atoms with Crippen molar-refractivity contribution in [2.24, 2.45) is 0 Å². The maximum Gasteiger partial charge on any atom is 0.409 e. The molecule has 0 aliphatic carbocycles. The monoisotopic (exact) mass is 572 g/mol. The van der Waals surface area contributed by atoms with Gasteiger partial charge in [-0.15, -0.1) is 0 Å². The SMILES string of the molecule is COC(=O)N(CCCN1[C@@H]2CC[C@H]1C[C@H](NC(=O)c1cc3ccccc3n(C(C)C)c1=O)C2)C1CCS(=O)(=O)C1. The predicted molar refractivity (Wildman–Crippen MR) is 153 cm³/mol. The number of carbonyl (C=O) groups excluding carboxylic acids is 2. The molecule has 5 rings (SSSR count). The highest BCUT2D eigenvalue weighted by molar-refractivity contribution is 7.91. The molecule has 3 saturated heterocycles. The Labute approximate surface area is 235 Å². The van der Waals surface area contributed by atoms with Crippen LogP contribution in [0.1, 0.15) is 68.8 Å². The third kappa shape index (κ3) is 5.76. The van der Waals surface area contributed by atoms with Gasteiger partial charge in [0.1, 0.15) is 5.56 Å². The number of ether oxygens (including phenoxy) is 1. The maximum atomic E-state index is 13.3. The second-order valence-corrected chi connectivity index (χ2v) is 14.0. The predicted octanol–water partition coefficient (Wildman–Crippen LogP) is 2.95. The van der Waals surface area contributed by atoms with E-state index in [-0.39, 0.29) is 46.7 Å². The lowest BCUT2D eigenvalue weighted by atomic mass is 9.96. The second-order valence-electron chi connectivity index (χ2n) is 11.7. The van der Waals surface area contributed by atoms with Crippen molar-refractivity contribution in [1.82, 2.24) is 19.7 Å². The van der Waals surface area contributed by atoms with E-state index in [9.17, 15) is 22.8 Å². The van der Waals surface area contributed by atoms with Crippen molar-refractivity contribution < 1.29 is 22.7 Å². The molecule has 4 heterocycles. The molecular formula is C29H40N4O6S. The number of nitrogens with one attached hydrogen (secondary N) is 1. The third-order valence-corrected chi connectivity index (χ3v) is 10.5. The van der Waals surface area contributed by atoms with E-state index in [1.165, 1.54) is 7.11 Å². The smallest absolute Gasteiger partial charge is 0.409 e. The van der Waals surface area contributed by atoms with Gasteiger partial charge in [0, 0.05) is 43.3 Å². The fraction of sp³-hybridized carbons (Fsp3) is 0.621. The van der Waals surface area contributed by atoms with Gasteiger partial charge in [-0.1, -0.05) is 18.2 Å². The zero-order valence-corrected chi connectivity index (χ0v) is 24.4. The van der Waals surface area contributed by atoms with Crippen molar-refractivity contribution in [3.63, 3.8) is 0 Å². The van der Waals surface area contributed by atoms with Crippen LogP contribution >= 0.6 is 0 Å². The van der Waals surface area contributed by atoms with Crippen LogP contribution in [0, 0.1) is 0 Å². The van der Waals surface area contributed by atoms with Crippen molar-refractivity contribution in [2.75, 3.05) is 31.7 Å². The number of carbonyl (C=O) groups is 2. The van der Waals surface area contributed by atoms with Gasteiger partial charge in [-0.05, 0) is 69.9 Å². The fourth-order valence-electron chi connectivity index (χ4n) is 6.97. The highest BCUT2D eigenvalue weighted by Crippen LogP contribution is 2.36. The average molecular weight is 573 g/mol. The lowest BCUT2D eigenvalue weighted by Gasteiger charge is -2.39. The normalized spacial score (nSPS) is 25.8. The summed E-state index contributed by atoms with van der Waals surface area (Å²) in [6, 6.07) is 9.60. The summed E-state index contributed by atoms with van der Waals surface area (Å²) in [5.74, 6) is -0.208. The number of nitrogens with zero attached hydrogens (tertiary/aromatic N) is 3. The molecule has 2 amide bonds. The van der Waals surface area contributed by atoms with E-state index in [0.29, 0.717) is 25.0 Å². The lowest BCUT2D eigenvalue weighted by Crippen LogP contribution is -2.51. The number of hydrogen-bond donors (Lipinski definition) is 1. The minimum Gasteiger partial charge on any atom is -0.453 e. The number of para-hydroxylation sites is 1. The van der Waals surface area contributed by atoms with E-state index in [0.717, 1.165) is 49.6 Å². The molecule has 1 N–H and O–H groups in total. The Bertz CT molecular complexity index is 1420. The lowest BCUT2D eigenvalue weighted by molar-refractivity contribution is 0.0813. The van der Waals surface area contributed by atoms with Crippen molar-refractivity contribution in [1.29, 1.82) is 0 Å². The molecule has 0 saturated carbocycles. The van der Waals surface area contributed by atoms with Gasteiger partial charge < -0.3 is 19.5 Å². The molecule has 11 heteroatoms. The van der Waals surface area contributed by atoms with E-state index < -0.39 is 15.9 Å². The van der Waals surface area contributed by atoms with Gasteiger partial charge in [-0.2, -0.15) is 0 Å². The van der Waals surface area contributed by atoms with Crippen molar-refractivity contribution in [2.45, 2.75) is 82.6 Å². The van der Waals surface area contributed by atoms with E-state index in [2.05, 4.69) is 10.2 Å². The van der Waals surface area contributed by atoms with E-state index in [4.69, 9.17) is 4.74 Å². The van der Waals surface area contributed by atoms with E-state index in [1.807, 2.05) is 38.1 Å². The molecule has 3 aliphatic heterocycles. The Kier molecular flexibility index (Phi) is 8.24. The van der Waals surface area contributed by atoms with Crippen molar-refractivity contribution in [3.05, 3.63) is 46.2 Å². The number of hydrogen-bond acceptors (Lipinski definition) is 7. The van der Waals surface area contributed by atoms with Crippen LogP contribution in [0.25, 0.3) is 10.9 Å². The van der Waals surface area contributed by atoms with Crippen LogP contribution in [0.5, 0.6) is 0 Å². The number of aromatic nitrogens is 1. The summed E-state index contributed by atoms with van der Waals surface area (Å²) in [7, 11) is -1.78. The molecule has 40 heavy (non-hydrogen) atoms. The summed E-state index contributed by atoms with van der Waals surface area (Å²) in [6.07, 6.45) is 4.43. The number of methoxy groups -OCH3 is 1. The first-order chi connectivity index (χ1) is 19.1. The van der Waals surface area contributed by atoms with Crippen LogP contribution in [-0.2, 0) is 14.6 Å². The summed E-state index contributed by atoms with van der Waals surface area (Å²) in [4.78, 5) is 43.1. The van der Waals surface area contributed by atoms with Gasteiger partial charge in [-0.3, -0.25) is 14.5 Å². The van der Waals surface area contributed by atoms with Crippen LogP contribution in [0.3, 0.4) is 0 Å². The molecule has 1 unspecified atom stereocenters. The molecule has 1 aromatic carbocycles. The first kappa shape index (κ1) is 28.6. The van der Waals surface area contributed by atoms with Crippen molar-refractivity contribution >= 4 is 32.7 Å². The van der Waals surface area contributed by atoms with E-state index in [1.54, 1.807) is 15.5 Å². The van der Waals surface area contributed by atoms with Crippen LogP contribution in [0.15, 0.2) is 35.1 Å². The van der Waals surface area contributed by atoms with Crippen molar-refractivity contribution in [3.8, 4) is 0 Å². The quantitative estimate of drug-likeness (QED) is 0.517. The van der Waals surface area contributed by atoms with Gasteiger partial charge in [0.25, 0.3) is 11.5 Å². The van der Waals surface area contributed by atoms with Gasteiger partial charge in [0.2, 0.25) is 0 Å². The van der Waals surface area contributed by atoms with E-state index >= 15 is 0 Å². The Morgan fingerprint density at radius 1 is 1.12 bits per heavy atom. The molecule has 4 atom stereocenters. The van der Waals surface area contributed by atoms with Crippen LogP contribution in [-0.4, -0.2) is 90.7 Å². The molecule has 1 aromatic heterocycles. The third-order valence-electron chi connectivity index (χ3n) is 8.80. The Hall–Kier alpha value is -2.92. The highest BCUT2D eigenvalue weighted by atomic mass is 32.2. The number of piperidine rings is 1. The Morgan fingerprint density at radius 3 is 2.45 bits per heavy atom. The number of amides is 2. The van der Waals surface area contributed by atoms with Crippen LogP contribution < -0.4 is 10.9 Å². The minimum atomic E-state index is -3.11. The first-order valence-corrected chi connectivity index (χ1v) is 16.2. The van der Waals surface area contributed by atoms with Gasteiger partial charge in [0.15, 0.2) is 9.84 Å². The highest BCUT2D eigenvalue weighted by Gasteiger charge is 2.41. The fourth-order valence-corrected chi connectivity index (χ4v) is 8.70. The zero-order chi connectivity index (χ0) is 28.6. The maximum absolute atomic E-state index is 13.3. The van der Waals surface area contributed by atoms with Crippen LogP contribution in [0.2, 0.25) is 0 Å². The van der Waals surface area contributed by atoms with Gasteiger partial charge >= 0.3 is 6.09 Å². The second kappa shape index (κ2) is 11.5. The summed E-state index contributed by atoms with van der Waals surface area (Å²) >= 11 is 0. The first-order valence-electron chi connectivity index (χ1n) is 14.3. The Morgan fingerprint density at radius 2 is 1.82 bits per heavy atom. The molecule has 0 radical (unpaired) electrons. The number of rotatable bonds is 8. The molecule has 10 nitrogen and oxygen atoms in total. The summed E-state index contributed by atoms with van der Waals surface area (Å²) < 4.78 is 30.5. The molecule has 3 fully saturated rings. The minimum absolute atomic E-state index is 0.00209. The summed E-state index contributed by atoms with van der Waals surface area (Å²) in [5.41, 5.74) is 0.738.